The largest absolute Gasteiger partial charge is 0.416 e. The second kappa shape index (κ2) is 7.95. The molecule has 2 atom stereocenters. The third-order valence-corrected chi connectivity index (χ3v) is 5.02. The Morgan fingerprint density at radius 3 is 2.64 bits per heavy atom. The summed E-state index contributed by atoms with van der Waals surface area (Å²) >= 11 is 0. The highest BCUT2D eigenvalue weighted by Crippen LogP contribution is 2.48. The van der Waals surface area contributed by atoms with Gasteiger partial charge in [0.1, 0.15) is 0 Å². The zero-order valence-electron chi connectivity index (χ0n) is 16.3. The van der Waals surface area contributed by atoms with Gasteiger partial charge in [-0.25, -0.2) is 0 Å². The Morgan fingerprint density at radius 2 is 2.04 bits per heavy atom. The fraction of sp³-hybridized carbons (Fsp3) is 0.500. The Balaban J connectivity index is 1.73. The van der Waals surface area contributed by atoms with E-state index in [0.717, 1.165) is 24.1 Å². The van der Waals surface area contributed by atoms with Crippen molar-refractivity contribution < 1.29 is 18.0 Å². The summed E-state index contributed by atoms with van der Waals surface area (Å²) in [6.07, 6.45) is 0.0474. The van der Waals surface area contributed by atoms with Crippen molar-refractivity contribution in [3.8, 4) is 0 Å². The number of hydrogen-bond donors (Lipinski definition) is 0. The standard InChI is InChI=1S/C20H25F3N4O/c1-25(2)7-8-27(12-14-5-4-6-16(9-14)20(21,22)23)19(28)18-10-17(18)15-11-24-26(3)13-15/h4-6,9,11,13,17-18H,7-8,10,12H2,1-3H3. The summed E-state index contributed by atoms with van der Waals surface area (Å²) in [5, 5.41) is 4.16. The van der Waals surface area contributed by atoms with E-state index in [2.05, 4.69) is 5.10 Å². The van der Waals surface area contributed by atoms with Gasteiger partial charge in [-0.15, -0.1) is 0 Å². The molecule has 1 fully saturated rings. The zero-order chi connectivity index (χ0) is 20.5. The van der Waals surface area contributed by atoms with Crippen molar-refractivity contribution in [1.29, 1.82) is 0 Å². The third kappa shape index (κ3) is 4.92. The molecule has 3 rings (SSSR count). The Bertz CT molecular complexity index is 831. The fourth-order valence-electron chi connectivity index (χ4n) is 3.36. The van der Waals surface area contributed by atoms with E-state index in [-0.39, 0.29) is 24.3 Å². The van der Waals surface area contributed by atoms with Gasteiger partial charge in [0.25, 0.3) is 0 Å². The van der Waals surface area contributed by atoms with Gasteiger partial charge in [-0.2, -0.15) is 18.3 Å². The van der Waals surface area contributed by atoms with Crippen LogP contribution < -0.4 is 0 Å². The molecule has 1 heterocycles. The lowest BCUT2D eigenvalue weighted by Gasteiger charge is -2.25. The molecular weight excluding hydrogens is 369 g/mol. The van der Waals surface area contributed by atoms with Gasteiger partial charge < -0.3 is 9.80 Å². The third-order valence-electron chi connectivity index (χ3n) is 5.02. The van der Waals surface area contributed by atoms with E-state index in [0.29, 0.717) is 18.7 Å². The molecule has 2 unspecified atom stereocenters. The van der Waals surface area contributed by atoms with Crippen LogP contribution in [-0.4, -0.2) is 52.7 Å². The summed E-state index contributed by atoms with van der Waals surface area (Å²) in [7, 11) is 5.64. The molecule has 8 heteroatoms. The number of amides is 1. The molecule has 0 saturated heterocycles. The average Bonchev–Trinajstić information content (AvgIpc) is 3.31. The number of alkyl halides is 3. The molecule has 1 aromatic heterocycles. The van der Waals surface area contributed by atoms with Crippen molar-refractivity contribution in [2.75, 3.05) is 27.2 Å². The predicted octanol–water partition coefficient (Wildman–Crippen LogP) is 3.13. The summed E-state index contributed by atoms with van der Waals surface area (Å²) in [6.45, 7) is 1.29. The van der Waals surface area contributed by atoms with Crippen LogP contribution in [0.4, 0.5) is 13.2 Å². The first-order valence-corrected chi connectivity index (χ1v) is 9.23. The predicted molar refractivity (Wildman–Crippen MR) is 99.5 cm³/mol. The van der Waals surface area contributed by atoms with Gasteiger partial charge in [0.2, 0.25) is 5.91 Å². The van der Waals surface area contributed by atoms with E-state index < -0.39 is 11.7 Å². The number of hydrogen-bond acceptors (Lipinski definition) is 3. The van der Waals surface area contributed by atoms with Crippen molar-refractivity contribution in [3.63, 3.8) is 0 Å². The van der Waals surface area contributed by atoms with E-state index in [9.17, 15) is 18.0 Å². The number of benzene rings is 1. The number of likely N-dealkylation sites (N-methyl/N-ethyl adjacent to an activating group) is 1. The molecule has 5 nitrogen and oxygen atoms in total. The molecule has 28 heavy (non-hydrogen) atoms. The maximum atomic E-state index is 13.1. The number of rotatable bonds is 7. The van der Waals surface area contributed by atoms with Gasteiger partial charge >= 0.3 is 6.18 Å². The van der Waals surface area contributed by atoms with Crippen LogP contribution in [0.1, 0.15) is 29.0 Å². The summed E-state index contributed by atoms with van der Waals surface area (Å²) < 4.78 is 40.7. The summed E-state index contributed by atoms with van der Waals surface area (Å²) in [4.78, 5) is 16.7. The molecule has 0 radical (unpaired) electrons. The van der Waals surface area contributed by atoms with Crippen LogP contribution >= 0.6 is 0 Å². The molecule has 0 bridgehead atoms. The number of aryl methyl sites for hydroxylation is 1. The lowest BCUT2D eigenvalue weighted by molar-refractivity contribution is -0.137. The zero-order valence-corrected chi connectivity index (χ0v) is 16.3. The average molecular weight is 394 g/mol. The highest BCUT2D eigenvalue weighted by molar-refractivity contribution is 5.83. The first-order valence-electron chi connectivity index (χ1n) is 9.23. The highest BCUT2D eigenvalue weighted by Gasteiger charge is 2.46. The van der Waals surface area contributed by atoms with Crippen molar-refractivity contribution in [2.45, 2.75) is 25.1 Å². The quantitative estimate of drug-likeness (QED) is 0.725. The lowest BCUT2D eigenvalue weighted by atomic mass is 10.1. The molecule has 0 N–H and O–H groups in total. The van der Waals surface area contributed by atoms with Crippen LogP contribution in [-0.2, 0) is 24.6 Å². The molecule has 2 aromatic rings. The number of nitrogens with zero attached hydrogens (tertiary/aromatic N) is 4. The van der Waals surface area contributed by atoms with Crippen molar-refractivity contribution in [1.82, 2.24) is 19.6 Å². The first kappa shape index (κ1) is 20.4. The van der Waals surface area contributed by atoms with Crippen LogP contribution in [0.2, 0.25) is 0 Å². The fourth-order valence-corrected chi connectivity index (χ4v) is 3.36. The smallest absolute Gasteiger partial charge is 0.337 e. The topological polar surface area (TPSA) is 41.4 Å². The van der Waals surface area contributed by atoms with Gasteiger partial charge in [0.15, 0.2) is 0 Å². The molecule has 152 valence electrons. The monoisotopic (exact) mass is 394 g/mol. The Morgan fingerprint density at radius 1 is 1.29 bits per heavy atom. The first-order chi connectivity index (χ1) is 13.1. The second-order valence-electron chi connectivity index (χ2n) is 7.66. The Hall–Kier alpha value is -2.35. The maximum Gasteiger partial charge on any atom is 0.416 e. The van der Waals surface area contributed by atoms with Gasteiger partial charge in [0.05, 0.1) is 11.8 Å². The van der Waals surface area contributed by atoms with Gasteiger partial charge in [0, 0.05) is 38.8 Å². The molecule has 1 aliphatic rings. The normalized spacial score (nSPS) is 19.1. The van der Waals surface area contributed by atoms with Crippen LogP contribution in [0, 0.1) is 5.92 Å². The number of carbonyl (C=O) groups is 1. The van der Waals surface area contributed by atoms with Crippen molar-refractivity contribution in [2.24, 2.45) is 13.0 Å². The minimum absolute atomic E-state index is 0.00638. The van der Waals surface area contributed by atoms with E-state index in [4.69, 9.17) is 0 Å². The molecule has 1 aliphatic carbocycles. The van der Waals surface area contributed by atoms with E-state index in [1.54, 1.807) is 21.8 Å². The molecular formula is C20H25F3N4O. The lowest BCUT2D eigenvalue weighted by Crippen LogP contribution is -2.37. The summed E-state index contributed by atoms with van der Waals surface area (Å²) in [5.74, 6) is 0.00911. The van der Waals surface area contributed by atoms with Crippen molar-refractivity contribution in [3.05, 3.63) is 53.3 Å². The van der Waals surface area contributed by atoms with E-state index in [1.165, 1.54) is 6.07 Å². The highest BCUT2D eigenvalue weighted by atomic mass is 19.4. The molecule has 0 aliphatic heterocycles. The minimum atomic E-state index is -4.39. The van der Waals surface area contributed by atoms with Gasteiger partial charge in [-0.3, -0.25) is 9.48 Å². The SMILES string of the molecule is CN(C)CCN(Cc1cccc(C(F)(F)F)c1)C(=O)C1CC1c1cnn(C)c1. The van der Waals surface area contributed by atoms with Gasteiger partial charge in [-0.1, -0.05) is 12.1 Å². The number of halogens is 3. The summed E-state index contributed by atoms with van der Waals surface area (Å²) in [5.41, 5.74) is 0.831. The number of carbonyl (C=O) groups excluding carboxylic acids is 1. The summed E-state index contributed by atoms with van der Waals surface area (Å²) in [6, 6.07) is 5.20. The van der Waals surface area contributed by atoms with E-state index in [1.807, 2.05) is 32.2 Å². The number of aromatic nitrogens is 2. The van der Waals surface area contributed by atoms with Crippen LogP contribution in [0.15, 0.2) is 36.7 Å². The van der Waals surface area contributed by atoms with Gasteiger partial charge in [-0.05, 0) is 49.7 Å². The van der Waals surface area contributed by atoms with Crippen LogP contribution in [0.5, 0.6) is 0 Å². The molecule has 1 saturated carbocycles. The Labute approximate surface area is 162 Å². The Kier molecular flexibility index (Phi) is 5.79. The molecule has 0 spiro atoms. The van der Waals surface area contributed by atoms with Crippen LogP contribution in [0.25, 0.3) is 0 Å². The second-order valence-corrected chi connectivity index (χ2v) is 7.66. The minimum Gasteiger partial charge on any atom is -0.337 e. The van der Waals surface area contributed by atoms with Crippen LogP contribution in [0.3, 0.4) is 0 Å². The van der Waals surface area contributed by atoms with Crippen molar-refractivity contribution >= 4 is 5.91 Å². The van der Waals surface area contributed by atoms with E-state index >= 15 is 0 Å². The molecule has 1 amide bonds. The molecule has 1 aromatic carbocycles. The maximum absolute atomic E-state index is 13.1.